The Balaban J connectivity index is 1.76. The van der Waals surface area contributed by atoms with Gasteiger partial charge in [0.2, 0.25) is 0 Å². The Labute approximate surface area is 159 Å². The third-order valence-corrected chi connectivity index (χ3v) is 3.80. The van der Waals surface area contributed by atoms with E-state index in [2.05, 4.69) is 5.32 Å². The van der Waals surface area contributed by atoms with E-state index < -0.39 is 11.9 Å². The predicted octanol–water partition coefficient (Wildman–Crippen LogP) is 4.33. The summed E-state index contributed by atoms with van der Waals surface area (Å²) >= 11 is 0. The van der Waals surface area contributed by atoms with Gasteiger partial charge in [-0.3, -0.25) is 4.79 Å². The van der Waals surface area contributed by atoms with Crippen molar-refractivity contribution in [2.24, 2.45) is 0 Å². The Bertz CT molecular complexity index is 1090. The van der Waals surface area contributed by atoms with Crippen LogP contribution < -0.4 is 5.32 Å². The Hall–Kier alpha value is -4.18. The van der Waals surface area contributed by atoms with Crippen molar-refractivity contribution in [2.75, 3.05) is 5.32 Å². The lowest BCUT2D eigenvalue weighted by molar-refractivity contribution is -0.112. The SMILES string of the molecule is N#C/C(=C\c1ccc(-c2ccc(F)cc2)o1)C(=O)Nc1ccc(C(=O)O)cc1. The molecule has 3 aromatic rings. The topological polar surface area (TPSA) is 103 Å². The molecule has 0 saturated heterocycles. The maximum Gasteiger partial charge on any atom is 0.335 e. The van der Waals surface area contributed by atoms with Crippen LogP contribution in [0.25, 0.3) is 17.4 Å². The van der Waals surface area contributed by atoms with E-state index in [9.17, 15) is 19.2 Å². The molecule has 1 aromatic heterocycles. The maximum atomic E-state index is 13.0. The number of anilines is 1. The quantitative estimate of drug-likeness (QED) is 0.510. The molecule has 2 N–H and O–H groups in total. The van der Waals surface area contributed by atoms with Crippen molar-refractivity contribution >= 4 is 23.6 Å². The first-order valence-electron chi connectivity index (χ1n) is 8.08. The van der Waals surface area contributed by atoms with Crippen LogP contribution in [0.15, 0.2) is 70.7 Å². The molecule has 0 bridgehead atoms. The van der Waals surface area contributed by atoms with Gasteiger partial charge in [0.15, 0.2) is 0 Å². The number of furan rings is 1. The number of aromatic carboxylic acids is 1. The van der Waals surface area contributed by atoms with Gasteiger partial charge in [-0.2, -0.15) is 5.26 Å². The van der Waals surface area contributed by atoms with Crippen molar-refractivity contribution in [2.45, 2.75) is 0 Å². The van der Waals surface area contributed by atoms with Gasteiger partial charge in [-0.15, -0.1) is 0 Å². The van der Waals surface area contributed by atoms with Crippen LogP contribution in [-0.2, 0) is 4.79 Å². The number of halogens is 1. The fourth-order valence-electron chi connectivity index (χ4n) is 2.39. The molecule has 0 aliphatic carbocycles. The molecule has 28 heavy (non-hydrogen) atoms. The van der Waals surface area contributed by atoms with Gasteiger partial charge in [0, 0.05) is 17.3 Å². The van der Waals surface area contributed by atoms with Gasteiger partial charge in [-0.25, -0.2) is 9.18 Å². The number of amides is 1. The van der Waals surface area contributed by atoms with Crippen LogP contribution in [0.4, 0.5) is 10.1 Å². The van der Waals surface area contributed by atoms with Crippen molar-refractivity contribution in [3.8, 4) is 17.4 Å². The molecule has 0 fully saturated rings. The van der Waals surface area contributed by atoms with Gasteiger partial charge < -0.3 is 14.8 Å². The smallest absolute Gasteiger partial charge is 0.335 e. The number of hydrogen-bond donors (Lipinski definition) is 2. The normalized spacial score (nSPS) is 10.9. The van der Waals surface area contributed by atoms with Gasteiger partial charge in [0.05, 0.1) is 5.56 Å². The highest BCUT2D eigenvalue weighted by Gasteiger charge is 2.12. The molecule has 3 rings (SSSR count). The average molecular weight is 376 g/mol. The monoisotopic (exact) mass is 376 g/mol. The van der Waals surface area contributed by atoms with Gasteiger partial charge in [0.1, 0.15) is 29.0 Å². The van der Waals surface area contributed by atoms with E-state index in [-0.39, 0.29) is 22.7 Å². The molecule has 0 saturated carbocycles. The molecular weight excluding hydrogens is 363 g/mol. The number of nitrogens with one attached hydrogen (secondary N) is 1. The van der Waals surface area contributed by atoms with E-state index in [4.69, 9.17) is 9.52 Å². The van der Waals surface area contributed by atoms with Gasteiger partial charge in [-0.05, 0) is 60.7 Å². The van der Waals surface area contributed by atoms with Crippen LogP contribution in [0, 0.1) is 17.1 Å². The third kappa shape index (κ3) is 4.31. The summed E-state index contributed by atoms with van der Waals surface area (Å²) in [7, 11) is 0. The van der Waals surface area contributed by atoms with E-state index in [0.29, 0.717) is 17.0 Å². The van der Waals surface area contributed by atoms with E-state index in [0.717, 1.165) is 0 Å². The summed E-state index contributed by atoms with van der Waals surface area (Å²) in [6, 6.07) is 16.3. The highest BCUT2D eigenvalue weighted by molar-refractivity contribution is 6.09. The summed E-state index contributed by atoms with van der Waals surface area (Å²) in [5.41, 5.74) is 0.894. The van der Waals surface area contributed by atoms with Gasteiger partial charge >= 0.3 is 5.97 Å². The Morgan fingerprint density at radius 1 is 1.04 bits per heavy atom. The molecule has 2 aromatic carbocycles. The van der Waals surface area contributed by atoms with Crippen molar-refractivity contribution in [3.05, 3.63) is 83.4 Å². The summed E-state index contributed by atoms with van der Waals surface area (Å²) in [6.45, 7) is 0. The number of hydrogen-bond acceptors (Lipinski definition) is 4. The minimum atomic E-state index is -1.08. The second-order valence-corrected chi connectivity index (χ2v) is 5.72. The lowest BCUT2D eigenvalue weighted by Gasteiger charge is -2.04. The van der Waals surface area contributed by atoms with Crippen LogP contribution in [0.1, 0.15) is 16.1 Å². The van der Waals surface area contributed by atoms with Crippen LogP contribution in [-0.4, -0.2) is 17.0 Å². The van der Waals surface area contributed by atoms with Crippen molar-refractivity contribution in [1.29, 1.82) is 5.26 Å². The largest absolute Gasteiger partial charge is 0.478 e. The van der Waals surface area contributed by atoms with Crippen molar-refractivity contribution in [1.82, 2.24) is 0 Å². The van der Waals surface area contributed by atoms with Crippen molar-refractivity contribution < 1.29 is 23.5 Å². The maximum absolute atomic E-state index is 13.0. The number of carbonyl (C=O) groups excluding carboxylic acids is 1. The van der Waals surface area contributed by atoms with Crippen LogP contribution in [0.3, 0.4) is 0 Å². The molecule has 7 heteroatoms. The first-order chi connectivity index (χ1) is 13.5. The molecule has 1 amide bonds. The number of carbonyl (C=O) groups is 2. The molecule has 0 unspecified atom stereocenters. The Morgan fingerprint density at radius 3 is 2.32 bits per heavy atom. The summed E-state index contributed by atoms with van der Waals surface area (Å²) in [4.78, 5) is 23.1. The molecule has 0 aliphatic heterocycles. The van der Waals surface area contributed by atoms with Crippen molar-refractivity contribution in [3.63, 3.8) is 0 Å². The predicted molar refractivity (Wildman–Crippen MR) is 99.7 cm³/mol. The molecule has 138 valence electrons. The molecule has 0 spiro atoms. The molecule has 0 radical (unpaired) electrons. The lowest BCUT2D eigenvalue weighted by Crippen LogP contribution is -2.13. The highest BCUT2D eigenvalue weighted by atomic mass is 19.1. The second-order valence-electron chi connectivity index (χ2n) is 5.72. The van der Waals surface area contributed by atoms with E-state index in [1.165, 1.54) is 42.5 Å². The number of rotatable bonds is 5. The summed E-state index contributed by atoms with van der Waals surface area (Å²) in [5.74, 6) is -1.36. The number of benzene rings is 2. The standard InChI is InChI=1S/C21H13FN2O4/c22-16-5-1-13(2-6-16)19-10-9-18(28-19)11-15(12-23)20(25)24-17-7-3-14(4-8-17)21(26)27/h1-11H,(H,24,25)(H,26,27)/b15-11+. The second kappa shape index (κ2) is 8.01. The Morgan fingerprint density at radius 2 is 1.71 bits per heavy atom. The lowest BCUT2D eigenvalue weighted by atomic mass is 10.2. The first-order valence-corrected chi connectivity index (χ1v) is 8.08. The molecule has 1 heterocycles. The zero-order valence-corrected chi connectivity index (χ0v) is 14.3. The van der Waals surface area contributed by atoms with Crippen LogP contribution in [0.5, 0.6) is 0 Å². The van der Waals surface area contributed by atoms with Gasteiger partial charge in [0.25, 0.3) is 5.91 Å². The minimum Gasteiger partial charge on any atom is -0.478 e. The number of nitrogens with zero attached hydrogens (tertiary/aromatic N) is 1. The number of nitriles is 1. The molecule has 0 atom stereocenters. The molecular formula is C21H13FN2O4. The summed E-state index contributed by atoms with van der Waals surface area (Å²) < 4.78 is 18.6. The van der Waals surface area contributed by atoms with Gasteiger partial charge in [-0.1, -0.05) is 0 Å². The van der Waals surface area contributed by atoms with E-state index in [1.54, 1.807) is 30.3 Å². The van der Waals surface area contributed by atoms with Crippen LogP contribution >= 0.6 is 0 Å². The Kier molecular flexibility index (Phi) is 5.33. The zero-order valence-electron chi connectivity index (χ0n) is 14.3. The average Bonchev–Trinajstić information content (AvgIpc) is 3.15. The number of carboxylic acids is 1. The molecule has 6 nitrogen and oxygen atoms in total. The zero-order chi connectivity index (χ0) is 20.1. The fraction of sp³-hybridized carbons (Fsp3) is 0. The highest BCUT2D eigenvalue weighted by Crippen LogP contribution is 2.24. The van der Waals surface area contributed by atoms with Crippen LogP contribution in [0.2, 0.25) is 0 Å². The number of carboxylic acid groups (broad SMARTS) is 1. The molecule has 0 aliphatic rings. The first kappa shape index (κ1) is 18.6. The van der Waals surface area contributed by atoms with E-state index >= 15 is 0 Å². The van der Waals surface area contributed by atoms with E-state index in [1.807, 2.05) is 0 Å². The fourth-order valence-corrected chi connectivity index (χ4v) is 2.39. The third-order valence-electron chi connectivity index (χ3n) is 3.80. The minimum absolute atomic E-state index is 0.0814. The summed E-state index contributed by atoms with van der Waals surface area (Å²) in [5, 5.41) is 20.7. The summed E-state index contributed by atoms with van der Waals surface area (Å²) in [6.07, 6.45) is 1.29.